The van der Waals surface area contributed by atoms with Gasteiger partial charge >= 0.3 is 0 Å². The van der Waals surface area contributed by atoms with Gasteiger partial charge in [-0.1, -0.05) is 39.5 Å². The van der Waals surface area contributed by atoms with E-state index in [4.69, 9.17) is 0 Å². The summed E-state index contributed by atoms with van der Waals surface area (Å²) in [6.07, 6.45) is 1.16. The maximum Gasteiger partial charge on any atom is 0.273 e. The maximum atomic E-state index is 14.4. The standard InChI is InChI=1S/C20H20F2N2O2S2.C2H6/c1-11(2)17(25)19(26)24-20(8-3-4-16-14(20)7-9-27-16)28-18(23-24)13-10-12(21)5-6-15(13)22;1-2/h5-7,9-11,17,25H,3-4,8H2,1-2H3;1-2H3/t17-,20?;/m0./s1. The molecule has 1 aromatic carbocycles. The molecule has 4 rings (SSSR count). The Bertz CT molecular complexity index is 960. The van der Waals surface area contributed by atoms with E-state index in [1.54, 1.807) is 25.2 Å². The molecule has 1 aliphatic heterocycles. The number of nitrogens with zero attached hydrogens (tertiary/aromatic N) is 2. The Morgan fingerprint density at radius 3 is 2.70 bits per heavy atom. The van der Waals surface area contributed by atoms with E-state index in [0.717, 1.165) is 41.5 Å². The number of amides is 1. The minimum atomic E-state index is -1.22. The zero-order valence-electron chi connectivity index (χ0n) is 17.5. The van der Waals surface area contributed by atoms with Gasteiger partial charge < -0.3 is 5.11 Å². The molecule has 2 aromatic rings. The van der Waals surface area contributed by atoms with Gasteiger partial charge in [0.05, 0.1) is 0 Å². The molecule has 2 atom stereocenters. The number of aliphatic hydroxyl groups is 1. The fraction of sp³-hybridized carbons (Fsp3) is 0.455. The number of rotatable bonds is 3. The number of aliphatic hydroxyl groups excluding tert-OH is 1. The lowest BCUT2D eigenvalue weighted by Gasteiger charge is -2.39. The molecule has 1 N–H and O–H groups in total. The lowest BCUT2D eigenvalue weighted by molar-refractivity contribution is -0.146. The quantitative estimate of drug-likeness (QED) is 0.669. The summed E-state index contributed by atoms with van der Waals surface area (Å²) in [6.45, 7) is 7.51. The maximum absolute atomic E-state index is 14.4. The number of benzene rings is 1. The molecule has 30 heavy (non-hydrogen) atoms. The largest absolute Gasteiger partial charge is 0.383 e. The van der Waals surface area contributed by atoms with Crippen molar-refractivity contribution in [3.05, 3.63) is 57.3 Å². The molecule has 1 aliphatic carbocycles. The minimum absolute atomic E-state index is 0.0288. The van der Waals surface area contributed by atoms with Gasteiger partial charge in [0.1, 0.15) is 27.7 Å². The highest BCUT2D eigenvalue weighted by Crippen LogP contribution is 2.55. The molecule has 2 aliphatic rings. The first kappa shape index (κ1) is 22.9. The normalized spacial score (nSPS) is 21.2. The lowest BCUT2D eigenvalue weighted by Crippen LogP contribution is -2.48. The number of hydrazone groups is 1. The van der Waals surface area contributed by atoms with Crippen LogP contribution in [-0.2, 0) is 16.1 Å². The Morgan fingerprint density at radius 2 is 2.00 bits per heavy atom. The summed E-state index contributed by atoms with van der Waals surface area (Å²) in [5, 5.41) is 18.4. The molecule has 0 saturated carbocycles. The molecule has 2 heterocycles. The summed E-state index contributed by atoms with van der Waals surface area (Å²) in [6, 6.07) is 5.18. The van der Waals surface area contributed by atoms with Gasteiger partial charge in [-0.15, -0.1) is 11.3 Å². The van der Waals surface area contributed by atoms with Crippen LogP contribution in [0.5, 0.6) is 0 Å². The monoisotopic (exact) mass is 452 g/mol. The summed E-state index contributed by atoms with van der Waals surface area (Å²) in [7, 11) is 0. The summed E-state index contributed by atoms with van der Waals surface area (Å²) < 4.78 is 28.2. The molecular weight excluding hydrogens is 426 g/mol. The van der Waals surface area contributed by atoms with Gasteiger partial charge in [-0.3, -0.25) is 4.79 Å². The first-order chi connectivity index (χ1) is 14.3. The number of carbonyl (C=O) groups excluding carboxylic acids is 1. The fourth-order valence-corrected chi connectivity index (χ4v) is 6.17. The smallest absolute Gasteiger partial charge is 0.273 e. The second-order valence-electron chi connectivity index (χ2n) is 7.37. The van der Waals surface area contributed by atoms with Gasteiger partial charge in [0.15, 0.2) is 0 Å². The average molecular weight is 453 g/mol. The van der Waals surface area contributed by atoms with Crippen molar-refractivity contribution in [2.45, 2.75) is 57.9 Å². The average Bonchev–Trinajstić information content (AvgIpc) is 3.37. The number of halogens is 2. The van der Waals surface area contributed by atoms with Crippen molar-refractivity contribution in [1.29, 1.82) is 0 Å². The number of hydrogen-bond acceptors (Lipinski definition) is 5. The highest BCUT2D eigenvalue weighted by atomic mass is 32.2. The second kappa shape index (κ2) is 9.16. The van der Waals surface area contributed by atoms with Crippen molar-refractivity contribution in [3.63, 3.8) is 0 Å². The van der Waals surface area contributed by atoms with Gasteiger partial charge in [-0.25, -0.2) is 13.8 Å². The molecule has 8 heteroatoms. The van der Waals surface area contributed by atoms with E-state index < -0.39 is 28.5 Å². The zero-order valence-corrected chi connectivity index (χ0v) is 19.1. The number of carbonyl (C=O) groups is 1. The van der Waals surface area contributed by atoms with Crippen LogP contribution in [0.15, 0.2) is 34.7 Å². The number of hydrogen-bond donors (Lipinski definition) is 1. The number of aryl methyl sites for hydroxylation is 1. The van der Waals surface area contributed by atoms with Crippen LogP contribution >= 0.6 is 23.1 Å². The van der Waals surface area contributed by atoms with Crippen molar-refractivity contribution in [2.24, 2.45) is 11.0 Å². The molecule has 1 aromatic heterocycles. The Hall–Kier alpha value is -1.77. The van der Waals surface area contributed by atoms with Crippen LogP contribution in [0.3, 0.4) is 0 Å². The van der Waals surface area contributed by atoms with Gasteiger partial charge in [-0.2, -0.15) is 5.10 Å². The van der Waals surface area contributed by atoms with Crippen molar-refractivity contribution >= 4 is 34.0 Å². The van der Waals surface area contributed by atoms with Crippen LogP contribution in [-0.4, -0.2) is 27.2 Å². The van der Waals surface area contributed by atoms with E-state index in [0.29, 0.717) is 6.42 Å². The van der Waals surface area contributed by atoms with Crippen LogP contribution in [0, 0.1) is 17.6 Å². The molecule has 1 spiro atoms. The Balaban J connectivity index is 0.00000124. The van der Waals surface area contributed by atoms with E-state index in [2.05, 4.69) is 5.10 Å². The van der Waals surface area contributed by atoms with Crippen LogP contribution in [0.2, 0.25) is 0 Å². The van der Waals surface area contributed by atoms with E-state index in [1.165, 1.54) is 16.8 Å². The highest BCUT2D eigenvalue weighted by Gasteiger charge is 2.52. The van der Waals surface area contributed by atoms with Crippen LogP contribution in [0.4, 0.5) is 8.78 Å². The van der Waals surface area contributed by atoms with Gasteiger partial charge in [0.25, 0.3) is 5.91 Å². The van der Waals surface area contributed by atoms with E-state index in [9.17, 15) is 18.7 Å². The first-order valence-electron chi connectivity index (χ1n) is 10.2. The predicted molar refractivity (Wildman–Crippen MR) is 118 cm³/mol. The molecule has 1 unspecified atom stereocenters. The third kappa shape index (κ3) is 3.92. The van der Waals surface area contributed by atoms with E-state index >= 15 is 0 Å². The van der Waals surface area contributed by atoms with Crippen LogP contribution < -0.4 is 0 Å². The van der Waals surface area contributed by atoms with E-state index in [-0.39, 0.29) is 16.5 Å². The Kier molecular flexibility index (Phi) is 6.99. The number of thioether (sulfide) groups is 1. The molecule has 162 valence electrons. The molecule has 0 saturated heterocycles. The van der Waals surface area contributed by atoms with Crippen LogP contribution in [0.25, 0.3) is 0 Å². The summed E-state index contributed by atoms with van der Waals surface area (Å²) >= 11 is 2.89. The Morgan fingerprint density at radius 1 is 1.27 bits per heavy atom. The number of thiophene rings is 1. The molecule has 4 nitrogen and oxygen atoms in total. The topological polar surface area (TPSA) is 52.9 Å². The Labute approximate surface area is 184 Å². The first-order valence-corrected chi connectivity index (χ1v) is 11.8. The molecule has 0 bridgehead atoms. The summed E-state index contributed by atoms with van der Waals surface area (Å²) in [5.41, 5.74) is 0.995. The highest BCUT2D eigenvalue weighted by molar-refractivity contribution is 8.15. The van der Waals surface area contributed by atoms with Crippen LogP contribution in [0.1, 0.15) is 56.5 Å². The third-order valence-corrected chi connectivity index (χ3v) is 7.55. The molecule has 0 radical (unpaired) electrons. The minimum Gasteiger partial charge on any atom is -0.383 e. The zero-order chi connectivity index (χ0) is 22.1. The fourth-order valence-electron chi connectivity index (χ4n) is 3.63. The second-order valence-corrected chi connectivity index (χ2v) is 9.63. The van der Waals surface area contributed by atoms with Crippen molar-refractivity contribution in [1.82, 2.24) is 5.01 Å². The summed E-state index contributed by atoms with van der Waals surface area (Å²) in [5.74, 6) is -1.97. The SMILES string of the molecule is CC.CC(C)[C@H](O)C(=O)N1N=C(c2cc(F)ccc2F)SC12CCCc1sccc12. The van der Waals surface area contributed by atoms with Gasteiger partial charge in [0.2, 0.25) is 0 Å². The molecule has 0 fully saturated rings. The molecular formula is C22H26F2N2O2S2. The van der Waals surface area contributed by atoms with Gasteiger partial charge in [0, 0.05) is 16.0 Å². The predicted octanol–water partition coefficient (Wildman–Crippen LogP) is 5.50. The van der Waals surface area contributed by atoms with Crippen molar-refractivity contribution in [2.75, 3.05) is 0 Å². The van der Waals surface area contributed by atoms with Gasteiger partial charge in [-0.05, 0) is 54.8 Å². The van der Waals surface area contributed by atoms with E-state index in [1.807, 2.05) is 25.3 Å². The lowest BCUT2D eigenvalue weighted by atomic mass is 9.92. The van der Waals surface area contributed by atoms with Crippen molar-refractivity contribution < 1.29 is 18.7 Å². The third-order valence-electron chi connectivity index (χ3n) is 5.14. The van der Waals surface area contributed by atoms with Crippen molar-refractivity contribution in [3.8, 4) is 0 Å². The summed E-state index contributed by atoms with van der Waals surface area (Å²) in [4.78, 5) is 13.4. The number of fused-ring (bicyclic) bond motifs is 2. The molecule has 1 amide bonds.